The quantitative estimate of drug-likeness (QED) is 0.700. The average molecular weight is 240 g/mol. The lowest BCUT2D eigenvalue weighted by Gasteiger charge is -2.29. The third-order valence-electron chi connectivity index (χ3n) is 3.88. The molecule has 1 saturated carbocycles. The predicted octanol–water partition coefficient (Wildman–Crippen LogP) is 3.28. The van der Waals surface area contributed by atoms with E-state index in [2.05, 4.69) is 31.0 Å². The molecule has 102 valence electrons. The lowest BCUT2D eigenvalue weighted by Crippen LogP contribution is -2.39. The number of rotatable bonds is 8. The summed E-state index contributed by atoms with van der Waals surface area (Å²) in [4.78, 5) is 2.60. The van der Waals surface area contributed by atoms with Gasteiger partial charge in [-0.25, -0.2) is 0 Å². The van der Waals surface area contributed by atoms with Crippen LogP contribution < -0.4 is 5.32 Å². The molecule has 0 radical (unpaired) electrons. The SMILES string of the molecule is CCCN(CCC)CCNC1CCCC(C)C1. The summed E-state index contributed by atoms with van der Waals surface area (Å²) in [6.45, 7) is 11.9. The van der Waals surface area contributed by atoms with E-state index in [0.717, 1.165) is 12.0 Å². The summed E-state index contributed by atoms with van der Waals surface area (Å²) < 4.78 is 0. The Morgan fingerprint density at radius 3 is 2.35 bits per heavy atom. The summed E-state index contributed by atoms with van der Waals surface area (Å²) in [5.41, 5.74) is 0. The summed E-state index contributed by atoms with van der Waals surface area (Å²) in [6.07, 6.45) is 8.21. The Labute approximate surface area is 108 Å². The third-order valence-corrected chi connectivity index (χ3v) is 3.88. The Bertz CT molecular complexity index is 171. The number of nitrogens with one attached hydrogen (secondary N) is 1. The molecule has 0 spiro atoms. The summed E-state index contributed by atoms with van der Waals surface area (Å²) in [6, 6.07) is 0.795. The van der Waals surface area contributed by atoms with Crippen LogP contribution in [0.5, 0.6) is 0 Å². The zero-order chi connectivity index (χ0) is 12.5. The van der Waals surface area contributed by atoms with Crippen LogP contribution in [-0.2, 0) is 0 Å². The Hall–Kier alpha value is -0.0800. The van der Waals surface area contributed by atoms with Crippen molar-refractivity contribution >= 4 is 0 Å². The van der Waals surface area contributed by atoms with Crippen LogP contribution in [0.2, 0.25) is 0 Å². The molecule has 0 heterocycles. The maximum atomic E-state index is 3.76. The molecule has 2 atom stereocenters. The minimum absolute atomic E-state index is 0.795. The summed E-state index contributed by atoms with van der Waals surface area (Å²) in [5.74, 6) is 0.934. The molecule has 2 heteroatoms. The van der Waals surface area contributed by atoms with Crippen LogP contribution in [0.1, 0.15) is 59.3 Å². The Morgan fingerprint density at radius 1 is 1.06 bits per heavy atom. The molecule has 1 aliphatic carbocycles. The van der Waals surface area contributed by atoms with E-state index >= 15 is 0 Å². The maximum absolute atomic E-state index is 3.76. The van der Waals surface area contributed by atoms with Crippen molar-refractivity contribution in [2.24, 2.45) is 5.92 Å². The molecule has 0 bridgehead atoms. The number of nitrogens with zero attached hydrogens (tertiary/aromatic N) is 1. The Balaban J connectivity index is 2.11. The monoisotopic (exact) mass is 240 g/mol. The van der Waals surface area contributed by atoms with Crippen LogP contribution in [0.15, 0.2) is 0 Å². The highest BCUT2D eigenvalue weighted by Crippen LogP contribution is 2.23. The molecule has 2 unspecified atom stereocenters. The van der Waals surface area contributed by atoms with Crippen LogP contribution in [-0.4, -0.2) is 37.1 Å². The van der Waals surface area contributed by atoms with Gasteiger partial charge in [0.05, 0.1) is 0 Å². The number of hydrogen-bond donors (Lipinski definition) is 1. The Morgan fingerprint density at radius 2 is 1.76 bits per heavy atom. The van der Waals surface area contributed by atoms with E-state index in [9.17, 15) is 0 Å². The van der Waals surface area contributed by atoms with Gasteiger partial charge in [-0.3, -0.25) is 0 Å². The molecular weight excluding hydrogens is 208 g/mol. The highest BCUT2D eigenvalue weighted by atomic mass is 15.1. The molecule has 0 aromatic heterocycles. The molecule has 1 aliphatic rings. The fraction of sp³-hybridized carbons (Fsp3) is 1.00. The van der Waals surface area contributed by atoms with E-state index in [1.807, 2.05) is 0 Å². The van der Waals surface area contributed by atoms with Gasteiger partial charge in [-0.2, -0.15) is 0 Å². The summed E-state index contributed by atoms with van der Waals surface area (Å²) >= 11 is 0. The van der Waals surface area contributed by atoms with Crippen molar-refractivity contribution < 1.29 is 0 Å². The predicted molar refractivity (Wildman–Crippen MR) is 76.4 cm³/mol. The highest BCUT2D eigenvalue weighted by Gasteiger charge is 2.17. The third kappa shape index (κ3) is 6.42. The van der Waals surface area contributed by atoms with Gasteiger partial charge >= 0.3 is 0 Å². The molecular formula is C15H32N2. The van der Waals surface area contributed by atoms with Gasteiger partial charge in [0.25, 0.3) is 0 Å². The lowest BCUT2D eigenvalue weighted by atomic mass is 9.87. The molecule has 0 aromatic rings. The molecule has 0 aliphatic heterocycles. The van der Waals surface area contributed by atoms with Gasteiger partial charge in [0.15, 0.2) is 0 Å². The van der Waals surface area contributed by atoms with E-state index in [1.54, 1.807) is 0 Å². The van der Waals surface area contributed by atoms with Crippen LogP contribution in [0.3, 0.4) is 0 Å². The first-order valence-corrected chi connectivity index (χ1v) is 7.72. The van der Waals surface area contributed by atoms with Gasteiger partial charge in [0, 0.05) is 19.1 Å². The van der Waals surface area contributed by atoms with Crippen molar-refractivity contribution in [3.63, 3.8) is 0 Å². The molecule has 2 nitrogen and oxygen atoms in total. The van der Waals surface area contributed by atoms with Crippen molar-refractivity contribution in [2.75, 3.05) is 26.2 Å². The van der Waals surface area contributed by atoms with Crippen molar-refractivity contribution in [3.8, 4) is 0 Å². The van der Waals surface area contributed by atoms with Gasteiger partial charge in [-0.1, -0.05) is 33.6 Å². The van der Waals surface area contributed by atoms with Gasteiger partial charge in [-0.05, 0) is 44.7 Å². The van der Waals surface area contributed by atoms with Crippen LogP contribution in [0, 0.1) is 5.92 Å². The number of hydrogen-bond acceptors (Lipinski definition) is 2. The van der Waals surface area contributed by atoms with Crippen LogP contribution in [0.25, 0.3) is 0 Å². The fourth-order valence-corrected chi connectivity index (χ4v) is 3.01. The summed E-state index contributed by atoms with van der Waals surface area (Å²) in [7, 11) is 0. The molecule has 1 fully saturated rings. The second-order valence-corrected chi connectivity index (χ2v) is 5.76. The van der Waals surface area contributed by atoms with Crippen LogP contribution >= 0.6 is 0 Å². The first-order valence-electron chi connectivity index (χ1n) is 7.72. The molecule has 0 aromatic carbocycles. The van der Waals surface area contributed by atoms with Crippen molar-refractivity contribution in [1.82, 2.24) is 10.2 Å². The van der Waals surface area contributed by atoms with Crippen LogP contribution in [0.4, 0.5) is 0 Å². The second kappa shape index (κ2) is 8.93. The minimum Gasteiger partial charge on any atom is -0.313 e. The van der Waals surface area contributed by atoms with Crippen molar-refractivity contribution in [1.29, 1.82) is 0 Å². The molecule has 1 N–H and O–H groups in total. The van der Waals surface area contributed by atoms with Gasteiger partial charge in [0.2, 0.25) is 0 Å². The topological polar surface area (TPSA) is 15.3 Å². The standard InChI is InChI=1S/C15H32N2/c1-4-10-17(11-5-2)12-9-16-15-8-6-7-14(3)13-15/h14-16H,4-13H2,1-3H3. The molecule has 1 rings (SSSR count). The van der Waals surface area contributed by atoms with Crippen molar-refractivity contribution in [2.45, 2.75) is 65.3 Å². The van der Waals surface area contributed by atoms with Gasteiger partial charge in [-0.15, -0.1) is 0 Å². The fourth-order valence-electron chi connectivity index (χ4n) is 3.01. The molecule has 17 heavy (non-hydrogen) atoms. The highest BCUT2D eigenvalue weighted by molar-refractivity contribution is 4.76. The van der Waals surface area contributed by atoms with E-state index < -0.39 is 0 Å². The molecule has 0 saturated heterocycles. The first-order chi connectivity index (χ1) is 8.26. The smallest absolute Gasteiger partial charge is 0.0107 e. The average Bonchev–Trinajstić information content (AvgIpc) is 2.30. The van der Waals surface area contributed by atoms with Crippen molar-refractivity contribution in [3.05, 3.63) is 0 Å². The van der Waals surface area contributed by atoms with E-state index in [0.29, 0.717) is 0 Å². The lowest BCUT2D eigenvalue weighted by molar-refractivity contribution is 0.251. The minimum atomic E-state index is 0.795. The van der Waals surface area contributed by atoms with E-state index in [1.165, 1.54) is 64.7 Å². The first kappa shape index (κ1) is 15.0. The zero-order valence-electron chi connectivity index (χ0n) is 12.2. The maximum Gasteiger partial charge on any atom is 0.0107 e. The zero-order valence-corrected chi connectivity index (χ0v) is 12.2. The molecule has 0 amide bonds. The van der Waals surface area contributed by atoms with E-state index in [-0.39, 0.29) is 0 Å². The van der Waals surface area contributed by atoms with Gasteiger partial charge in [0.1, 0.15) is 0 Å². The van der Waals surface area contributed by atoms with E-state index in [4.69, 9.17) is 0 Å². The normalized spacial score (nSPS) is 25.4. The second-order valence-electron chi connectivity index (χ2n) is 5.76. The Kier molecular flexibility index (Phi) is 7.87. The van der Waals surface area contributed by atoms with Gasteiger partial charge < -0.3 is 10.2 Å². The summed E-state index contributed by atoms with van der Waals surface area (Å²) in [5, 5.41) is 3.76. The largest absolute Gasteiger partial charge is 0.313 e.